The van der Waals surface area contributed by atoms with Crippen molar-refractivity contribution in [2.45, 2.75) is 48.8 Å². The molecule has 1 fully saturated rings. The monoisotopic (exact) mass is 340 g/mol. The van der Waals surface area contributed by atoms with Crippen LogP contribution in [0.3, 0.4) is 0 Å². The van der Waals surface area contributed by atoms with Crippen LogP contribution in [0, 0.1) is 0 Å². The molecule has 3 rings (SSSR count). The van der Waals surface area contributed by atoms with E-state index in [0.29, 0.717) is 6.04 Å². The van der Waals surface area contributed by atoms with Crippen molar-refractivity contribution in [3.05, 3.63) is 16.5 Å². The number of halogens is 1. The van der Waals surface area contributed by atoms with Crippen molar-refractivity contribution in [1.82, 2.24) is 30.2 Å². The van der Waals surface area contributed by atoms with Crippen LogP contribution in [0.4, 0.5) is 0 Å². The quantitative estimate of drug-likeness (QED) is 0.797. The fraction of sp³-hybridized carbons (Fsp3) is 0.545. The lowest BCUT2D eigenvalue weighted by molar-refractivity contribution is 0.565. The van der Waals surface area contributed by atoms with Gasteiger partial charge in [0, 0.05) is 12.0 Å². The first-order chi connectivity index (χ1) is 9.13. The van der Waals surface area contributed by atoms with Gasteiger partial charge in [0.15, 0.2) is 0 Å². The van der Waals surface area contributed by atoms with E-state index >= 15 is 0 Å². The van der Waals surface area contributed by atoms with Gasteiger partial charge >= 0.3 is 0 Å². The average Bonchev–Trinajstić information content (AvgIpc) is 3.10. The van der Waals surface area contributed by atoms with Crippen molar-refractivity contribution < 1.29 is 0 Å². The van der Waals surface area contributed by atoms with Gasteiger partial charge in [-0.3, -0.25) is 0 Å². The van der Waals surface area contributed by atoms with Gasteiger partial charge in [-0.25, -0.2) is 14.6 Å². The number of aromatic nitrogens is 6. The first-order valence-corrected chi connectivity index (χ1v) is 7.74. The number of rotatable bonds is 4. The molecule has 0 aromatic carbocycles. The molecule has 0 spiro atoms. The summed E-state index contributed by atoms with van der Waals surface area (Å²) in [5.41, 5.74) is 0. The van der Waals surface area contributed by atoms with Crippen LogP contribution in [0.1, 0.15) is 44.5 Å². The molecule has 0 N–H and O–H groups in total. The summed E-state index contributed by atoms with van der Waals surface area (Å²) in [5.74, 6) is 1.11. The van der Waals surface area contributed by atoms with E-state index < -0.39 is 0 Å². The zero-order valence-electron chi connectivity index (χ0n) is 10.6. The van der Waals surface area contributed by atoms with Crippen LogP contribution in [0.25, 0.3) is 0 Å². The van der Waals surface area contributed by atoms with Crippen molar-refractivity contribution in [2.24, 2.45) is 0 Å². The minimum atomic E-state index is 0.288. The van der Waals surface area contributed by atoms with Gasteiger partial charge in [-0.2, -0.15) is 0 Å². The standard InChI is InChI=1S/C11H13BrN6S/c1-6(2)10-13-8(12)5-9(14-10)19-11-15-16-17-18(11)7-3-4-7/h5-7H,3-4H2,1-2H3. The van der Waals surface area contributed by atoms with Gasteiger partial charge in [-0.05, 0) is 51.0 Å². The molecule has 0 unspecified atom stereocenters. The lowest BCUT2D eigenvalue weighted by Gasteiger charge is -2.07. The largest absolute Gasteiger partial charge is 0.226 e. The van der Waals surface area contributed by atoms with Gasteiger partial charge in [0.05, 0.1) is 6.04 Å². The Morgan fingerprint density at radius 1 is 1.37 bits per heavy atom. The van der Waals surface area contributed by atoms with Crippen molar-refractivity contribution in [3.63, 3.8) is 0 Å². The summed E-state index contributed by atoms with van der Waals surface area (Å²) in [4.78, 5) is 8.91. The topological polar surface area (TPSA) is 69.4 Å². The van der Waals surface area contributed by atoms with Crippen LogP contribution in [-0.2, 0) is 0 Å². The first kappa shape index (κ1) is 13.0. The van der Waals surface area contributed by atoms with Crippen LogP contribution in [0.2, 0.25) is 0 Å². The maximum absolute atomic E-state index is 4.54. The molecule has 1 saturated carbocycles. The summed E-state index contributed by atoms with van der Waals surface area (Å²) in [5, 5.41) is 13.5. The zero-order chi connectivity index (χ0) is 13.4. The summed E-state index contributed by atoms with van der Waals surface area (Å²) >= 11 is 4.90. The molecule has 0 aliphatic heterocycles. The molecule has 2 aromatic rings. The molecule has 2 heterocycles. The van der Waals surface area contributed by atoms with Crippen LogP contribution in [0.15, 0.2) is 20.9 Å². The summed E-state index contributed by atoms with van der Waals surface area (Å²) in [7, 11) is 0. The van der Waals surface area contributed by atoms with Crippen molar-refractivity contribution in [3.8, 4) is 0 Å². The predicted octanol–water partition coefficient (Wildman–Crippen LogP) is 2.84. The SMILES string of the molecule is CC(C)c1nc(Br)cc(Sc2nnnn2C2CC2)n1. The highest BCUT2D eigenvalue weighted by atomic mass is 79.9. The van der Waals surface area contributed by atoms with E-state index in [0.717, 1.165) is 33.5 Å². The molecule has 0 bridgehead atoms. The van der Waals surface area contributed by atoms with Gasteiger partial charge in [0.25, 0.3) is 0 Å². The Morgan fingerprint density at radius 2 is 2.16 bits per heavy atom. The highest BCUT2D eigenvalue weighted by molar-refractivity contribution is 9.10. The van der Waals surface area contributed by atoms with Crippen LogP contribution < -0.4 is 0 Å². The molecular formula is C11H13BrN6S. The second-order valence-corrected chi connectivity index (χ2v) is 6.58. The zero-order valence-corrected chi connectivity index (χ0v) is 13.0. The molecule has 8 heteroatoms. The molecule has 0 atom stereocenters. The number of nitrogens with zero attached hydrogens (tertiary/aromatic N) is 6. The molecule has 100 valence electrons. The Kier molecular flexibility index (Phi) is 3.53. The summed E-state index contributed by atoms with van der Waals surface area (Å²) in [6, 6.07) is 2.36. The van der Waals surface area contributed by atoms with E-state index in [1.54, 1.807) is 0 Å². The van der Waals surface area contributed by atoms with E-state index in [2.05, 4.69) is 55.3 Å². The van der Waals surface area contributed by atoms with Gasteiger partial charge in [-0.15, -0.1) is 5.10 Å². The van der Waals surface area contributed by atoms with E-state index in [1.165, 1.54) is 11.8 Å². The van der Waals surface area contributed by atoms with Gasteiger partial charge in [0.2, 0.25) is 5.16 Å². The third kappa shape index (κ3) is 2.94. The fourth-order valence-electron chi connectivity index (χ4n) is 1.62. The highest BCUT2D eigenvalue weighted by Crippen LogP contribution is 2.37. The van der Waals surface area contributed by atoms with Gasteiger partial charge in [0.1, 0.15) is 15.5 Å². The van der Waals surface area contributed by atoms with Crippen molar-refractivity contribution >= 4 is 27.7 Å². The van der Waals surface area contributed by atoms with Gasteiger partial charge < -0.3 is 0 Å². The van der Waals surface area contributed by atoms with Crippen LogP contribution in [0.5, 0.6) is 0 Å². The maximum atomic E-state index is 4.54. The minimum Gasteiger partial charge on any atom is -0.226 e. The summed E-state index contributed by atoms with van der Waals surface area (Å²) < 4.78 is 2.68. The number of hydrogen-bond donors (Lipinski definition) is 0. The Labute approximate surface area is 123 Å². The molecule has 19 heavy (non-hydrogen) atoms. The Balaban J connectivity index is 1.88. The average molecular weight is 341 g/mol. The molecular weight excluding hydrogens is 328 g/mol. The van der Waals surface area contributed by atoms with Crippen molar-refractivity contribution in [1.29, 1.82) is 0 Å². The first-order valence-electron chi connectivity index (χ1n) is 6.13. The van der Waals surface area contributed by atoms with Crippen LogP contribution in [-0.4, -0.2) is 30.2 Å². The fourth-order valence-corrected chi connectivity index (χ4v) is 3.02. The summed E-state index contributed by atoms with van der Waals surface area (Å²) in [6.07, 6.45) is 2.31. The minimum absolute atomic E-state index is 0.288. The maximum Gasteiger partial charge on any atom is 0.215 e. The Morgan fingerprint density at radius 3 is 2.84 bits per heavy atom. The number of hydrogen-bond acceptors (Lipinski definition) is 6. The highest BCUT2D eigenvalue weighted by Gasteiger charge is 2.28. The van der Waals surface area contributed by atoms with E-state index in [1.807, 2.05) is 10.7 Å². The van der Waals surface area contributed by atoms with E-state index in [4.69, 9.17) is 0 Å². The molecule has 2 aromatic heterocycles. The molecule has 6 nitrogen and oxygen atoms in total. The summed E-state index contributed by atoms with van der Waals surface area (Å²) in [6.45, 7) is 4.15. The van der Waals surface area contributed by atoms with Crippen LogP contribution >= 0.6 is 27.7 Å². The third-order valence-electron chi connectivity index (χ3n) is 2.76. The van der Waals surface area contributed by atoms with E-state index in [-0.39, 0.29) is 5.92 Å². The molecule has 0 saturated heterocycles. The Hall–Kier alpha value is -1.02. The van der Waals surface area contributed by atoms with Gasteiger partial charge in [-0.1, -0.05) is 13.8 Å². The smallest absolute Gasteiger partial charge is 0.215 e. The van der Waals surface area contributed by atoms with E-state index in [9.17, 15) is 0 Å². The lowest BCUT2D eigenvalue weighted by Crippen LogP contribution is -2.01. The molecule has 0 radical (unpaired) electrons. The second-order valence-electron chi connectivity index (χ2n) is 4.78. The predicted molar refractivity (Wildman–Crippen MR) is 74.0 cm³/mol. The molecule has 0 amide bonds. The third-order valence-corrected chi connectivity index (χ3v) is 4.03. The lowest BCUT2D eigenvalue weighted by atomic mass is 10.2. The normalized spacial score (nSPS) is 15.2. The Bertz CT molecular complexity index is 595. The second kappa shape index (κ2) is 5.16. The molecule has 1 aliphatic carbocycles. The molecule has 1 aliphatic rings. The number of tetrazole rings is 1. The van der Waals surface area contributed by atoms with Crippen molar-refractivity contribution in [2.75, 3.05) is 0 Å².